The van der Waals surface area contributed by atoms with E-state index in [0.29, 0.717) is 5.56 Å². The number of halogens is 3. The van der Waals surface area contributed by atoms with Crippen LogP contribution in [0.4, 0.5) is 13.2 Å². The van der Waals surface area contributed by atoms with E-state index in [1.165, 1.54) is 12.1 Å². The molecule has 1 aromatic heterocycles. The second-order valence-electron chi connectivity index (χ2n) is 5.00. The van der Waals surface area contributed by atoms with E-state index in [1.54, 1.807) is 36.4 Å². The first-order valence-corrected chi connectivity index (χ1v) is 6.58. The molecule has 2 nitrogen and oxygen atoms in total. The third-order valence-corrected chi connectivity index (χ3v) is 3.44. The summed E-state index contributed by atoms with van der Waals surface area (Å²) in [4.78, 5) is 11.9. The first-order chi connectivity index (χ1) is 10.4. The fourth-order valence-electron chi connectivity index (χ4n) is 2.43. The molecule has 0 aliphatic carbocycles. The molecule has 0 saturated carbocycles. The Morgan fingerprint density at radius 3 is 2.23 bits per heavy atom. The second-order valence-corrected chi connectivity index (χ2v) is 5.00. The van der Waals surface area contributed by atoms with Crippen LogP contribution in [0.5, 0.6) is 0 Å². The lowest BCUT2D eigenvalue weighted by Crippen LogP contribution is -2.20. The second kappa shape index (κ2) is 5.02. The van der Waals surface area contributed by atoms with Crippen LogP contribution < -0.4 is 5.63 Å². The molecule has 0 bridgehead atoms. The molecular weight excluding hydrogens is 293 g/mol. The van der Waals surface area contributed by atoms with Gasteiger partial charge in [-0.2, -0.15) is 13.2 Å². The van der Waals surface area contributed by atoms with E-state index in [2.05, 4.69) is 0 Å². The molecule has 0 N–H and O–H groups in total. The van der Waals surface area contributed by atoms with E-state index < -0.39 is 17.4 Å². The smallest absolute Gasteiger partial charge is 0.422 e. The van der Waals surface area contributed by atoms with E-state index >= 15 is 0 Å². The summed E-state index contributed by atoms with van der Waals surface area (Å²) in [5.74, 6) is 0. The summed E-state index contributed by atoms with van der Waals surface area (Å²) in [6.07, 6.45) is -4.79. The summed E-state index contributed by atoms with van der Waals surface area (Å²) in [6.45, 7) is 1.84. The summed E-state index contributed by atoms with van der Waals surface area (Å²) in [6, 6.07) is 12.8. The monoisotopic (exact) mass is 304 g/mol. The molecule has 112 valence electrons. The number of fused-ring (bicyclic) bond motifs is 1. The number of alkyl halides is 3. The molecule has 5 heteroatoms. The first-order valence-electron chi connectivity index (χ1n) is 6.58. The van der Waals surface area contributed by atoms with Crippen molar-refractivity contribution in [3.8, 4) is 11.1 Å². The molecule has 0 aliphatic rings. The van der Waals surface area contributed by atoms with E-state index in [-0.39, 0.29) is 16.5 Å². The van der Waals surface area contributed by atoms with Gasteiger partial charge in [0.2, 0.25) is 0 Å². The highest BCUT2D eigenvalue weighted by atomic mass is 19.4. The van der Waals surface area contributed by atoms with Gasteiger partial charge in [0, 0.05) is 10.9 Å². The van der Waals surface area contributed by atoms with Crippen molar-refractivity contribution in [2.24, 2.45) is 0 Å². The lowest BCUT2D eigenvalue weighted by atomic mass is 9.96. The van der Waals surface area contributed by atoms with Gasteiger partial charge in [-0.1, -0.05) is 48.0 Å². The van der Waals surface area contributed by atoms with Crippen LogP contribution in [0.25, 0.3) is 22.1 Å². The SMILES string of the molecule is Cc1ccc(-c2c(C(F)(F)F)c(=O)oc3ccccc23)cc1. The Balaban J connectivity index is 2.48. The molecule has 0 atom stereocenters. The van der Waals surface area contributed by atoms with Gasteiger partial charge in [-0.05, 0) is 18.6 Å². The van der Waals surface area contributed by atoms with Crippen molar-refractivity contribution in [2.45, 2.75) is 13.1 Å². The number of aryl methyl sites for hydroxylation is 1. The van der Waals surface area contributed by atoms with Crippen LogP contribution in [0.15, 0.2) is 57.7 Å². The van der Waals surface area contributed by atoms with Crippen molar-refractivity contribution in [3.05, 3.63) is 70.1 Å². The van der Waals surface area contributed by atoms with Crippen molar-refractivity contribution < 1.29 is 17.6 Å². The van der Waals surface area contributed by atoms with Crippen LogP contribution in [0.1, 0.15) is 11.1 Å². The van der Waals surface area contributed by atoms with E-state index in [4.69, 9.17) is 4.42 Å². The van der Waals surface area contributed by atoms with Crippen LogP contribution in [0.3, 0.4) is 0 Å². The maximum Gasteiger partial charge on any atom is 0.424 e. The Labute approximate surface area is 123 Å². The molecule has 3 rings (SSSR count). The molecule has 0 fully saturated rings. The molecular formula is C17H11F3O2. The Morgan fingerprint density at radius 1 is 0.955 bits per heavy atom. The molecule has 0 saturated heterocycles. The zero-order chi connectivity index (χ0) is 15.9. The zero-order valence-corrected chi connectivity index (χ0v) is 11.6. The van der Waals surface area contributed by atoms with Gasteiger partial charge in [-0.25, -0.2) is 4.79 Å². The Bertz CT molecular complexity index is 890. The number of hydrogen-bond donors (Lipinski definition) is 0. The first kappa shape index (κ1) is 14.4. The van der Waals surface area contributed by atoms with Crippen molar-refractivity contribution >= 4 is 11.0 Å². The number of hydrogen-bond acceptors (Lipinski definition) is 2. The minimum Gasteiger partial charge on any atom is -0.422 e. The van der Waals surface area contributed by atoms with E-state index in [1.807, 2.05) is 6.92 Å². The third kappa shape index (κ3) is 2.39. The van der Waals surface area contributed by atoms with Gasteiger partial charge in [0.25, 0.3) is 0 Å². The summed E-state index contributed by atoms with van der Waals surface area (Å²) in [5, 5.41) is 0.262. The molecule has 0 spiro atoms. The van der Waals surface area contributed by atoms with Crippen LogP contribution in [0, 0.1) is 6.92 Å². The van der Waals surface area contributed by atoms with Gasteiger partial charge in [0.15, 0.2) is 0 Å². The average molecular weight is 304 g/mol. The standard InChI is InChI=1S/C17H11F3O2/c1-10-6-8-11(9-7-10)14-12-4-2-3-5-13(12)22-16(21)15(14)17(18,19)20/h2-9H,1H3. The van der Waals surface area contributed by atoms with Crippen molar-refractivity contribution in [3.63, 3.8) is 0 Å². The fourth-order valence-corrected chi connectivity index (χ4v) is 2.43. The molecule has 0 aliphatic heterocycles. The van der Waals surface area contributed by atoms with Crippen molar-refractivity contribution in [1.29, 1.82) is 0 Å². The van der Waals surface area contributed by atoms with E-state index in [9.17, 15) is 18.0 Å². The molecule has 0 unspecified atom stereocenters. The largest absolute Gasteiger partial charge is 0.424 e. The van der Waals surface area contributed by atoms with E-state index in [0.717, 1.165) is 5.56 Å². The van der Waals surface area contributed by atoms with Crippen molar-refractivity contribution in [2.75, 3.05) is 0 Å². The highest BCUT2D eigenvalue weighted by molar-refractivity contribution is 5.95. The Hall–Kier alpha value is -2.56. The van der Waals surface area contributed by atoms with Gasteiger partial charge in [-0.3, -0.25) is 0 Å². The van der Waals surface area contributed by atoms with Gasteiger partial charge in [0.1, 0.15) is 11.1 Å². The highest BCUT2D eigenvalue weighted by Crippen LogP contribution is 2.38. The molecule has 1 heterocycles. The summed E-state index contributed by atoms with van der Waals surface area (Å²) in [5.41, 5.74) is -1.39. The minimum atomic E-state index is -4.79. The molecule has 3 aromatic rings. The summed E-state index contributed by atoms with van der Waals surface area (Å²) < 4.78 is 44.9. The van der Waals surface area contributed by atoms with Crippen LogP contribution in [0.2, 0.25) is 0 Å². The van der Waals surface area contributed by atoms with Crippen LogP contribution in [-0.4, -0.2) is 0 Å². The third-order valence-electron chi connectivity index (χ3n) is 3.44. The summed E-state index contributed by atoms with van der Waals surface area (Å²) >= 11 is 0. The highest BCUT2D eigenvalue weighted by Gasteiger charge is 2.39. The number of benzene rings is 2. The minimum absolute atomic E-state index is 0.135. The maximum atomic E-state index is 13.3. The molecule has 2 aromatic carbocycles. The summed E-state index contributed by atoms with van der Waals surface area (Å²) in [7, 11) is 0. The van der Waals surface area contributed by atoms with Gasteiger partial charge < -0.3 is 4.42 Å². The predicted octanol–water partition coefficient (Wildman–Crippen LogP) is 4.79. The average Bonchev–Trinajstić information content (AvgIpc) is 2.45. The van der Waals surface area contributed by atoms with Gasteiger partial charge >= 0.3 is 11.8 Å². The van der Waals surface area contributed by atoms with Crippen LogP contribution >= 0.6 is 0 Å². The van der Waals surface area contributed by atoms with Crippen LogP contribution in [-0.2, 0) is 6.18 Å². The Kier molecular flexibility index (Phi) is 3.28. The Morgan fingerprint density at radius 2 is 1.59 bits per heavy atom. The lowest BCUT2D eigenvalue weighted by Gasteiger charge is -2.14. The number of para-hydroxylation sites is 1. The molecule has 0 radical (unpaired) electrons. The quantitative estimate of drug-likeness (QED) is 0.605. The maximum absolute atomic E-state index is 13.3. The normalized spacial score (nSPS) is 11.8. The topological polar surface area (TPSA) is 30.2 Å². The van der Waals surface area contributed by atoms with Crippen molar-refractivity contribution in [1.82, 2.24) is 0 Å². The van der Waals surface area contributed by atoms with Gasteiger partial charge in [0.05, 0.1) is 0 Å². The molecule has 0 amide bonds. The lowest BCUT2D eigenvalue weighted by molar-refractivity contribution is -0.139. The molecule has 22 heavy (non-hydrogen) atoms. The van der Waals surface area contributed by atoms with Gasteiger partial charge in [-0.15, -0.1) is 0 Å². The fraction of sp³-hybridized carbons (Fsp3) is 0.118. The number of rotatable bonds is 1. The zero-order valence-electron chi connectivity index (χ0n) is 11.6. The predicted molar refractivity (Wildman–Crippen MR) is 77.7 cm³/mol.